The molecule has 2 heterocycles. The topological polar surface area (TPSA) is 17.3 Å². The number of hydrogen-bond acceptors (Lipinski definition) is 2. The molecule has 7 aromatic carbocycles. The van der Waals surface area contributed by atoms with Crippen LogP contribution in [-0.2, 0) is 0 Å². The summed E-state index contributed by atoms with van der Waals surface area (Å²) in [6, 6.07) is 56.5. The van der Waals surface area contributed by atoms with Crippen molar-refractivity contribution in [2.45, 2.75) is 0 Å². The number of para-hydroxylation sites is 1. The average Bonchev–Trinajstić information content (AvgIpc) is 3.66. The van der Waals surface area contributed by atoms with Crippen molar-refractivity contribution in [2.24, 2.45) is 4.99 Å². The average molecular weight is 631 g/mol. The van der Waals surface area contributed by atoms with E-state index >= 15 is 0 Å². The molecule has 0 saturated carbocycles. The maximum absolute atomic E-state index is 4.48. The fraction of sp³-hybridized carbons (Fsp3) is 0. The number of aromatic nitrogens is 1. The summed E-state index contributed by atoms with van der Waals surface area (Å²) < 4.78 is 4.67. The summed E-state index contributed by atoms with van der Waals surface area (Å²) in [6.45, 7) is 8.39. The van der Waals surface area contributed by atoms with Crippen molar-refractivity contribution in [3.8, 4) is 27.9 Å². The van der Waals surface area contributed by atoms with Crippen LogP contribution in [0.4, 0.5) is 0 Å². The van der Waals surface area contributed by atoms with E-state index in [0.29, 0.717) is 0 Å². The van der Waals surface area contributed by atoms with Gasteiger partial charge in [0.1, 0.15) is 0 Å². The van der Waals surface area contributed by atoms with Crippen LogP contribution in [0.15, 0.2) is 163 Å². The highest BCUT2D eigenvalue weighted by Gasteiger charge is 2.15. The minimum Gasteiger partial charge on any atom is -0.309 e. The number of nitrogens with zero attached hydrogens (tertiary/aromatic N) is 2. The highest BCUT2D eigenvalue weighted by atomic mass is 32.1. The van der Waals surface area contributed by atoms with Gasteiger partial charge in [0, 0.05) is 32.1 Å². The largest absolute Gasteiger partial charge is 0.309 e. The van der Waals surface area contributed by atoms with Crippen LogP contribution in [0.2, 0.25) is 0 Å². The van der Waals surface area contributed by atoms with E-state index < -0.39 is 0 Å². The van der Waals surface area contributed by atoms with Crippen LogP contribution in [-0.4, -0.2) is 11.3 Å². The lowest BCUT2D eigenvalue weighted by molar-refractivity contribution is 1.19. The van der Waals surface area contributed by atoms with Crippen LogP contribution in [0.25, 0.3) is 82.9 Å². The molecule has 0 aliphatic heterocycles. The molecule has 9 rings (SSSR count). The van der Waals surface area contributed by atoms with Crippen LogP contribution in [0.1, 0.15) is 5.56 Å². The predicted octanol–water partition coefficient (Wildman–Crippen LogP) is 10.8. The molecule has 9 aromatic rings. The van der Waals surface area contributed by atoms with Gasteiger partial charge in [0.2, 0.25) is 0 Å². The van der Waals surface area contributed by atoms with Gasteiger partial charge in [-0.25, -0.2) is 0 Å². The third kappa shape index (κ3) is 4.51. The fourth-order valence-corrected chi connectivity index (χ4v) is 8.39. The summed E-state index contributed by atoms with van der Waals surface area (Å²) in [5.41, 5.74) is 10.3. The summed E-state index contributed by atoms with van der Waals surface area (Å²) >= 11 is 1.74. The first-order valence-corrected chi connectivity index (χ1v) is 16.9. The van der Waals surface area contributed by atoms with Crippen molar-refractivity contribution >= 4 is 73.0 Å². The summed E-state index contributed by atoms with van der Waals surface area (Å²) in [5, 5.41) is 7.08. The van der Waals surface area contributed by atoms with Gasteiger partial charge in [-0.05, 0) is 81.4 Å². The quantitative estimate of drug-likeness (QED) is 0.168. The van der Waals surface area contributed by atoms with Crippen molar-refractivity contribution in [2.75, 3.05) is 0 Å². The van der Waals surface area contributed by atoms with E-state index in [0.717, 1.165) is 32.1 Å². The van der Waals surface area contributed by atoms with Crippen LogP contribution < -0.4 is 9.75 Å². The van der Waals surface area contributed by atoms with E-state index in [-0.39, 0.29) is 0 Å². The van der Waals surface area contributed by atoms with Crippen LogP contribution in [0.3, 0.4) is 0 Å². The Hall–Kier alpha value is -6.03. The Morgan fingerprint density at radius 1 is 0.542 bits per heavy atom. The van der Waals surface area contributed by atoms with Crippen molar-refractivity contribution < 1.29 is 0 Å². The minimum atomic E-state index is 0.875. The van der Waals surface area contributed by atoms with Crippen molar-refractivity contribution in [3.63, 3.8) is 0 Å². The second kappa shape index (κ2) is 11.3. The molecule has 48 heavy (non-hydrogen) atoms. The van der Waals surface area contributed by atoms with Crippen LogP contribution >= 0.6 is 11.3 Å². The number of fused-ring (bicyclic) bond motifs is 5. The van der Waals surface area contributed by atoms with Gasteiger partial charge in [0.25, 0.3) is 0 Å². The zero-order valence-electron chi connectivity index (χ0n) is 26.2. The van der Waals surface area contributed by atoms with Crippen molar-refractivity contribution in [1.29, 1.82) is 0 Å². The number of benzene rings is 7. The van der Waals surface area contributed by atoms with E-state index in [1.54, 1.807) is 11.3 Å². The van der Waals surface area contributed by atoms with Gasteiger partial charge in [-0.3, -0.25) is 4.99 Å². The molecule has 0 unspecified atom stereocenters. The van der Waals surface area contributed by atoms with E-state index in [4.69, 9.17) is 0 Å². The van der Waals surface area contributed by atoms with Crippen LogP contribution in [0.5, 0.6) is 0 Å². The molecule has 0 radical (unpaired) electrons. The predicted molar refractivity (Wildman–Crippen MR) is 208 cm³/mol. The normalized spacial score (nSPS) is 12.2. The second-order valence-electron chi connectivity index (χ2n) is 12.2. The summed E-state index contributed by atoms with van der Waals surface area (Å²) in [4.78, 5) is 4.45. The molecule has 226 valence electrons. The molecular weight excluding hydrogens is 601 g/mol. The monoisotopic (exact) mass is 630 g/mol. The number of thiophene rings is 1. The van der Waals surface area contributed by atoms with Gasteiger partial charge >= 0.3 is 0 Å². The minimum absolute atomic E-state index is 0.875. The van der Waals surface area contributed by atoms with E-state index in [1.807, 2.05) is 18.2 Å². The Labute approximate surface area is 282 Å². The Morgan fingerprint density at radius 3 is 2.06 bits per heavy atom. The summed E-state index contributed by atoms with van der Waals surface area (Å²) in [7, 11) is 0. The lowest BCUT2D eigenvalue weighted by Crippen LogP contribution is -2.19. The van der Waals surface area contributed by atoms with Gasteiger partial charge in [-0.2, -0.15) is 0 Å². The summed E-state index contributed by atoms with van der Waals surface area (Å²) in [6.07, 6.45) is 0. The first-order chi connectivity index (χ1) is 23.7. The first-order valence-electron chi connectivity index (χ1n) is 16.1. The van der Waals surface area contributed by atoms with E-state index in [9.17, 15) is 0 Å². The Kier molecular flexibility index (Phi) is 6.67. The molecular formula is C45H30N2S. The van der Waals surface area contributed by atoms with Gasteiger partial charge in [0.05, 0.1) is 21.3 Å². The molecule has 0 N–H and O–H groups in total. The number of aliphatic imine (C=N–C) groups is 1. The summed E-state index contributed by atoms with van der Waals surface area (Å²) in [5.74, 6) is 0. The molecule has 0 amide bonds. The van der Waals surface area contributed by atoms with Gasteiger partial charge < -0.3 is 4.57 Å². The molecule has 0 aliphatic carbocycles. The van der Waals surface area contributed by atoms with Gasteiger partial charge in [-0.1, -0.05) is 128 Å². The van der Waals surface area contributed by atoms with Crippen LogP contribution in [0, 0.1) is 0 Å². The zero-order chi connectivity index (χ0) is 32.2. The maximum atomic E-state index is 4.48. The fourth-order valence-electron chi connectivity index (χ4n) is 7.08. The molecule has 3 heteroatoms. The van der Waals surface area contributed by atoms with E-state index in [2.05, 4.69) is 162 Å². The number of hydrogen-bond donors (Lipinski definition) is 0. The Bertz CT molecular complexity index is 2810. The smallest absolute Gasteiger partial charge is 0.0873 e. The van der Waals surface area contributed by atoms with Crippen molar-refractivity contribution in [1.82, 2.24) is 4.57 Å². The van der Waals surface area contributed by atoms with E-state index in [1.165, 1.54) is 59.5 Å². The lowest BCUT2D eigenvalue weighted by atomic mass is 9.99. The SMILES string of the molecule is C=N/C(c1ccccc1)=c1/sc2c(-c3ccc4cc(-n5c6ccccc6c6cc(-c7ccccc7)ccc65)ccc4c3)cccc2c1=C. The van der Waals surface area contributed by atoms with Gasteiger partial charge in [-0.15, -0.1) is 11.3 Å². The molecule has 0 atom stereocenters. The molecule has 0 bridgehead atoms. The molecule has 2 aromatic heterocycles. The molecule has 0 fully saturated rings. The Balaban J connectivity index is 1.17. The zero-order valence-corrected chi connectivity index (χ0v) is 27.0. The van der Waals surface area contributed by atoms with Gasteiger partial charge in [0.15, 0.2) is 0 Å². The number of rotatable bonds is 5. The molecule has 0 saturated heterocycles. The molecule has 2 nitrogen and oxygen atoms in total. The molecule has 0 spiro atoms. The first kappa shape index (κ1) is 28.2. The van der Waals surface area contributed by atoms with Crippen molar-refractivity contribution in [3.05, 3.63) is 173 Å². The Morgan fingerprint density at radius 2 is 1.23 bits per heavy atom. The standard InChI is InChI=1S/C45H30N2S/c1-29-37-17-11-18-38(45(37)48-44(29)43(46-2)31-14-7-4-8-15-31)35-21-20-33-27-36(24-22-32(33)26-35)47-41-19-10-9-16-39(41)40-28-34(23-25-42(40)47)30-12-5-3-6-13-30/h3-28H,1-2H2/b44-43+. The third-order valence-corrected chi connectivity index (χ3v) is 10.7. The highest BCUT2D eigenvalue weighted by molar-refractivity contribution is 7.17. The second-order valence-corrected chi connectivity index (χ2v) is 13.2. The molecule has 0 aliphatic rings. The lowest BCUT2D eigenvalue weighted by Gasteiger charge is -2.11. The highest BCUT2D eigenvalue weighted by Crippen LogP contribution is 2.37. The maximum Gasteiger partial charge on any atom is 0.0873 e. The third-order valence-electron chi connectivity index (χ3n) is 9.41.